The largest absolute Gasteiger partial charge is 0.340 e. The minimum atomic E-state index is -0.140. The third kappa shape index (κ3) is 5.25. The zero-order valence-corrected chi connectivity index (χ0v) is 15.0. The van der Waals surface area contributed by atoms with Crippen LogP contribution in [-0.4, -0.2) is 32.7 Å². The maximum atomic E-state index is 12.6. The number of amides is 1. The van der Waals surface area contributed by atoms with Crippen LogP contribution in [0.2, 0.25) is 5.02 Å². The monoisotopic (exact) mass is 353 g/mol. The smallest absolute Gasteiger partial charge is 0.235 e. The van der Waals surface area contributed by atoms with Gasteiger partial charge in [-0.15, -0.1) is 11.8 Å². The molecule has 0 aliphatic heterocycles. The molecule has 0 saturated carbocycles. The molecule has 1 aromatic carbocycles. The van der Waals surface area contributed by atoms with Gasteiger partial charge in [0, 0.05) is 24.2 Å². The van der Waals surface area contributed by atoms with Gasteiger partial charge in [0.05, 0.1) is 11.8 Å². The Morgan fingerprint density at radius 3 is 2.65 bits per heavy atom. The van der Waals surface area contributed by atoms with Crippen LogP contribution in [0.1, 0.15) is 31.1 Å². The van der Waals surface area contributed by atoms with Crippen molar-refractivity contribution in [1.82, 2.24) is 15.0 Å². The molecule has 0 aliphatic carbocycles. The van der Waals surface area contributed by atoms with Crippen LogP contribution < -0.4 is 0 Å². The summed E-state index contributed by atoms with van der Waals surface area (Å²) in [5, 5.41) is 4.43. The fraction of sp³-hybridized carbons (Fsp3) is 0.438. The van der Waals surface area contributed by atoms with E-state index in [1.54, 1.807) is 23.6 Å². The molecule has 1 aromatic heterocycles. The Morgan fingerprint density at radius 1 is 1.39 bits per heavy atom. The summed E-state index contributed by atoms with van der Waals surface area (Å²) in [5.41, 5.74) is 1.15. The first-order chi connectivity index (χ1) is 11.0. The molecule has 2 aromatic rings. The number of hydrogen-bond donors (Lipinski definition) is 0. The molecule has 1 unspecified atom stereocenters. The highest BCUT2D eigenvalue weighted by atomic mass is 35.5. The molecule has 0 saturated heterocycles. The zero-order valence-electron chi connectivity index (χ0n) is 13.5. The van der Waals surface area contributed by atoms with Crippen molar-refractivity contribution >= 4 is 29.3 Å². The van der Waals surface area contributed by atoms with Crippen molar-refractivity contribution < 1.29 is 9.32 Å². The van der Waals surface area contributed by atoms with Crippen LogP contribution in [0.4, 0.5) is 0 Å². The van der Waals surface area contributed by atoms with E-state index in [4.69, 9.17) is 16.1 Å². The second kappa shape index (κ2) is 8.36. The van der Waals surface area contributed by atoms with Crippen molar-refractivity contribution in [3.8, 4) is 0 Å². The molecule has 1 amide bonds. The summed E-state index contributed by atoms with van der Waals surface area (Å²) in [4.78, 5) is 18.4. The van der Waals surface area contributed by atoms with E-state index in [0.29, 0.717) is 24.8 Å². The number of carbonyl (C=O) groups excluding carboxylic acids is 1. The van der Waals surface area contributed by atoms with Crippen molar-refractivity contribution in [2.75, 3.05) is 6.54 Å². The van der Waals surface area contributed by atoms with Gasteiger partial charge in [-0.25, -0.2) is 0 Å². The van der Waals surface area contributed by atoms with Crippen LogP contribution in [0, 0.1) is 6.92 Å². The maximum absolute atomic E-state index is 12.6. The fourth-order valence-electron chi connectivity index (χ4n) is 2.05. The van der Waals surface area contributed by atoms with Crippen molar-refractivity contribution in [2.24, 2.45) is 0 Å². The molecule has 1 heterocycles. The summed E-state index contributed by atoms with van der Waals surface area (Å²) in [7, 11) is 0. The number of thioether (sulfide) groups is 1. The fourth-order valence-corrected chi connectivity index (χ4v) is 3.10. The molecule has 2 rings (SSSR count). The van der Waals surface area contributed by atoms with Gasteiger partial charge in [-0.3, -0.25) is 4.79 Å². The molecule has 1 atom stereocenters. The maximum Gasteiger partial charge on any atom is 0.235 e. The average Bonchev–Trinajstić information content (AvgIpc) is 2.96. The van der Waals surface area contributed by atoms with Gasteiger partial charge in [-0.1, -0.05) is 28.9 Å². The lowest BCUT2D eigenvalue weighted by atomic mass is 10.2. The topological polar surface area (TPSA) is 59.2 Å². The highest BCUT2D eigenvalue weighted by Gasteiger charge is 2.21. The van der Waals surface area contributed by atoms with E-state index in [-0.39, 0.29) is 11.2 Å². The minimum Gasteiger partial charge on any atom is -0.340 e. The molecule has 0 radical (unpaired) electrons. The number of hydrogen-bond acceptors (Lipinski definition) is 5. The Morgan fingerprint density at radius 2 is 2.09 bits per heavy atom. The molecular weight excluding hydrogens is 334 g/mol. The predicted octanol–water partition coefficient (Wildman–Crippen LogP) is 3.70. The van der Waals surface area contributed by atoms with E-state index >= 15 is 0 Å². The lowest BCUT2D eigenvalue weighted by Crippen LogP contribution is -2.36. The highest BCUT2D eigenvalue weighted by molar-refractivity contribution is 7.99. The number of rotatable bonds is 7. The second-order valence-electron chi connectivity index (χ2n) is 5.16. The van der Waals surface area contributed by atoms with Crippen LogP contribution in [-0.2, 0) is 17.1 Å². The molecular formula is C16H20ClN3O2S. The number of aromatic nitrogens is 2. The van der Waals surface area contributed by atoms with Crippen LogP contribution in [0.3, 0.4) is 0 Å². The summed E-state index contributed by atoms with van der Waals surface area (Å²) in [6.07, 6.45) is 0. The van der Waals surface area contributed by atoms with Crippen LogP contribution >= 0.6 is 23.4 Å². The van der Waals surface area contributed by atoms with Gasteiger partial charge in [0.15, 0.2) is 5.82 Å². The molecule has 7 heteroatoms. The summed E-state index contributed by atoms with van der Waals surface area (Å²) in [6, 6.07) is 7.68. The SMILES string of the molecule is CCN(Cc1noc(C)n1)C(=O)C(C)SCc1ccc(Cl)cc1. The van der Waals surface area contributed by atoms with E-state index in [1.807, 2.05) is 38.1 Å². The first kappa shape index (κ1) is 17.8. The Labute approximate surface area is 145 Å². The van der Waals surface area contributed by atoms with E-state index in [9.17, 15) is 4.79 Å². The molecule has 0 spiro atoms. The third-order valence-corrected chi connectivity index (χ3v) is 4.81. The first-order valence-electron chi connectivity index (χ1n) is 7.43. The van der Waals surface area contributed by atoms with Gasteiger partial charge < -0.3 is 9.42 Å². The molecule has 23 heavy (non-hydrogen) atoms. The van der Waals surface area contributed by atoms with E-state index in [2.05, 4.69) is 10.1 Å². The Balaban J connectivity index is 1.89. The van der Waals surface area contributed by atoms with Crippen LogP contribution in [0.25, 0.3) is 0 Å². The zero-order chi connectivity index (χ0) is 16.8. The van der Waals surface area contributed by atoms with E-state index in [1.165, 1.54) is 0 Å². The minimum absolute atomic E-state index is 0.0777. The summed E-state index contributed by atoms with van der Waals surface area (Å²) >= 11 is 7.48. The van der Waals surface area contributed by atoms with Gasteiger partial charge in [0.1, 0.15) is 0 Å². The summed E-state index contributed by atoms with van der Waals surface area (Å²) in [6.45, 7) is 6.59. The normalized spacial score (nSPS) is 12.2. The molecule has 0 N–H and O–H groups in total. The predicted molar refractivity (Wildman–Crippen MR) is 92.3 cm³/mol. The van der Waals surface area contributed by atoms with Crippen molar-refractivity contribution in [1.29, 1.82) is 0 Å². The molecule has 0 bridgehead atoms. The van der Waals surface area contributed by atoms with Gasteiger partial charge in [-0.05, 0) is 31.5 Å². The van der Waals surface area contributed by atoms with E-state index < -0.39 is 0 Å². The van der Waals surface area contributed by atoms with Gasteiger partial charge in [0.2, 0.25) is 11.8 Å². The number of nitrogens with zero attached hydrogens (tertiary/aromatic N) is 3. The average molecular weight is 354 g/mol. The molecule has 0 fully saturated rings. The van der Waals surface area contributed by atoms with Crippen molar-refractivity contribution in [3.63, 3.8) is 0 Å². The lowest BCUT2D eigenvalue weighted by molar-refractivity contribution is -0.130. The number of benzene rings is 1. The summed E-state index contributed by atoms with van der Waals surface area (Å²) in [5.74, 6) is 1.89. The van der Waals surface area contributed by atoms with Crippen molar-refractivity contribution in [3.05, 3.63) is 46.6 Å². The first-order valence-corrected chi connectivity index (χ1v) is 8.86. The second-order valence-corrected chi connectivity index (χ2v) is 6.93. The lowest BCUT2D eigenvalue weighted by Gasteiger charge is -2.22. The molecule has 5 nitrogen and oxygen atoms in total. The number of aryl methyl sites for hydroxylation is 1. The van der Waals surface area contributed by atoms with Crippen LogP contribution in [0.5, 0.6) is 0 Å². The van der Waals surface area contributed by atoms with E-state index in [0.717, 1.165) is 16.3 Å². The van der Waals surface area contributed by atoms with Gasteiger partial charge in [-0.2, -0.15) is 4.98 Å². The molecule has 0 aliphatic rings. The Hall–Kier alpha value is -1.53. The van der Waals surface area contributed by atoms with Crippen molar-refractivity contribution in [2.45, 2.75) is 38.3 Å². The van der Waals surface area contributed by atoms with Crippen LogP contribution in [0.15, 0.2) is 28.8 Å². The Kier molecular flexibility index (Phi) is 6.47. The standard InChI is InChI=1S/C16H20ClN3O2S/c1-4-20(9-15-18-12(3)22-19-15)16(21)11(2)23-10-13-5-7-14(17)8-6-13/h5-8,11H,4,9-10H2,1-3H3. The quantitative estimate of drug-likeness (QED) is 0.759. The summed E-state index contributed by atoms with van der Waals surface area (Å²) < 4.78 is 4.95. The number of halogens is 1. The number of carbonyl (C=O) groups is 1. The molecule has 124 valence electrons. The third-order valence-electron chi connectivity index (χ3n) is 3.36. The highest BCUT2D eigenvalue weighted by Crippen LogP contribution is 2.21. The Bertz CT molecular complexity index is 645. The van der Waals surface area contributed by atoms with Gasteiger partial charge in [0.25, 0.3) is 0 Å². The van der Waals surface area contributed by atoms with Gasteiger partial charge >= 0.3 is 0 Å².